The molecule has 3 rings (SSSR count). The summed E-state index contributed by atoms with van der Waals surface area (Å²) in [5.74, 6) is 0.854. The summed E-state index contributed by atoms with van der Waals surface area (Å²) in [5, 5.41) is 0. The molecule has 5 nitrogen and oxygen atoms in total. The fraction of sp³-hybridized carbons (Fsp3) is 0.622. The Morgan fingerprint density at radius 3 is 1.90 bits per heavy atom. The zero-order valence-corrected chi connectivity index (χ0v) is 26.9. The molecule has 0 saturated carbocycles. The fourth-order valence-corrected chi connectivity index (χ4v) is 5.33. The molecule has 0 unspecified atom stereocenters. The molecular weight excluding hydrogens is 524 g/mol. The zero-order valence-electron chi connectivity index (χ0n) is 26.9. The average Bonchev–Trinajstić information content (AvgIpc) is 3.01. The number of benzene rings is 2. The summed E-state index contributed by atoms with van der Waals surface area (Å²) in [4.78, 5) is 0. The number of hydrogen-bond donors (Lipinski definition) is 0. The Morgan fingerprint density at radius 1 is 0.667 bits per heavy atom. The molecule has 1 aliphatic heterocycles. The molecule has 0 bridgehead atoms. The van der Waals surface area contributed by atoms with E-state index in [1.807, 2.05) is 0 Å². The van der Waals surface area contributed by atoms with Crippen LogP contribution in [0.25, 0.3) is 5.57 Å². The normalized spacial score (nSPS) is 21.7. The zero-order chi connectivity index (χ0) is 30.0. The van der Waals surface area contributed by atoms with Crippen LogP contribution in [0, 0.1) is 0 Å². The molecule has 1 fully saturated rings. The number of rotatable bonds is 20. The van der Waals surface area contributed by atoms with Gasteiger partial charge in [0.2, 0.25) is 0 Å². The van der Waals surface area contributed by atoms with E-state index in [0.717, 1.165) is 69.1 Å². The molecule has 2 aromatic rings. The van der Waals surface area contributed by atoms with Crippen LogP contribution in [0.2, 0.25) is 0 Å². The molecular formula is C37H56O5. The molecule has 0 radical (unpaired) electrons. The third-order valence-corrected chi connectivity index (χ3v) is 7.89. The summed E-state index contributed by atoms with van der Waals surface area (Å²) in [6.45, 7) is 14.1. The molecule has 0 amide bonds. The minimum atomic E-state index is -0.350. The van der Waals surface area contributed by atoms with Gasteiger partial charge in [0.1, 0.15) is 24.1 Å². The molecule has 42 heavy (non-hydrogen) atoms. The molecule has 1 heterocycles. The van der Waals surface area contributed by atoms with Crippen LogP contribution in [0.1, 0.15) is 103 Å². The predicted octanol–water partition coefficient (Wildman–Crippen LogP) is 8.78. The summed E-state index contributed by atoms with van der Waals surface area (Å²) in [6, 6.07) is 19.3. The van der Waals surface area contributed by atoms with Crippen molar-refractivity contribution in [1.82, 2.24) is 0 Å². The number of unbranched alkanes of at least 4 members (excludes halogenated alkanes) is 4. The van der Waals surface area contributed by atoms with Gasteiger partial charge >= 0.3 is 0 Å². The van der Waals surface area contributed by atoms with Crippen molar-refractivity contribution in [1.29, 1.82) is 0 Å². The van der Waals surface area contributed by atoms with E-state index < -0.39 is 0 Å². The highest BCUT2D eigenvalue weighted by Crippen LogP contribution is 2.37. The Balaban J connectivity index is 2.05. The SMILES string of the molecule is CCCCOC[C@H]1O/C(=C(\C)c2ccccc2Cc2ccccc2)[C@H](OCCCC)[C@@H](OCCCC)[C@@H]1OCCCC. The Morgan fingerprint density at radius 2 is 1.24 bits per heavy atom. The Kier molecular flexibility index (Phi) is 16.3. The standard InChI is InChI=1S/C37H56O5/c1-6-10-23-38-28-33-35(39-24-11-7-2)37(41-26-13-9-4)36(40-25-12-8-3)34(42-33)29(5)32-22-18-17-21-31(32)27-30-19-15-14-16-20-30/h14-22,33,35-37H,6-13,23-28H2,1-5H3/b34-29+/t33-,35-,36+,37+/m1/s1. The number of allylic oxidation sites excluding steroid dienone is 1. The van der Waals surface area contributed by atoms with E-state index >= 15 is 0 Å². The van der Waals surface area contributed by atoms with Gasteiger partial charge in [0, 0.05) is 26.4 Å². The van der Waals surface area contributed by atoms with Crippen molar-refractivity contribution >= 4 is 5.57 Å². The molecule has 0 spiro atoms. The fourth-order valence-electron chi connectivity index (χ4n) is 5.33. The summed E-state index contributed by atoms with van der Waals surface area (Å²) >= 11 is 0. The quantitative estimate of drug-likeness (QED) is 0.147. The van der Waals surface area contributed by atoms with Crippen LogP contribution in [0.4, 0.5) is 0 Å². The molecule has 234 valence electrons. The van der Waals surface area contributed by atoms with E-state index in [4.69, 9.17) is 23.7 Å². The van der Waals surface area contributed by atoms with Crippen LogP contribution in [0.3, 0.4) is 0 Å². The Labute approximate surface area is 255 Å². The predicted molar refractivity (Wildman–Crippen MR) is 173 cm³/mol. The van der Waals surface area contributed by atoms with Crippen LogP contribution >= 0.6 is 0 Å². The second-order valence-electron chi connectivity index (χ2n) is 11.4. The van der Waals surface area contributed by atoms with Crippen molar-refractivity contribution < 1.29 is 23.7 Å². The lowest BCUT2D eigenvalue weighted by Crippen LogP contribution is -2.57. The van der Waals surface area contributed by atoms with Gasteiger partial charge in [-0.1, -0.05) is 108 Å². The van der Waals surface area contributed by atoms with Crippen molar-refractivity contribution in [3.63, 3.8) is 0 Å². The third-order valence-electron chi connectivity index (χ3n) is 7.89. The lowest BCUT2D eigenvalue weighted by atomic mass is 9.90. The van der Waals surface area contributed by atoms with Crippen LogP contribution in [-0.2, 0) is 30.1 Å². The number of ether oxygens (including phenoxy) is 5. The molecule has 4 atom stereocenters. The molecule has 1 saturated heterocycles. The van der Waals surface area contributed by atoms with Gasteiger partial charge in [-0.05, 0) is 61.3 Å². The molecule has 0 aliphatic carbocycles. The van der Waals surface area contributed by atoms with Crippen molar-refractivity contribution in [3.05, 3.63) is 77.0 Å². The maximum Gasteiger partial charge on any atom is 0.150 e. The Hall–Kier alpha value is -2.18. The van der Waals surface area contributed by atoms with Crippen LogP contribution in [0.15, 0.2) is 60.4 Å². The van der Waals surface area contributed by atoms with Crippen molar-refractivity contribution in [3.8, 4) is 0 Å². The monoisotopic (exact) mass is 580 g/mol. The van der Waals surface area contributed by atoms with Gasteiger partial charge in [-0.25, -0.2) is 0 Å². The molecule has 2 aromatic carbocycles. The maximum atomic E-state index is 6.94. The number of hydrogen-bond acceptors (Lipinski definition) is 5. The van der Waals surface area contributed by atoms with E-state index in [-0.39, 0.29) is 24.4 Å². The van der Waals surface area contributed by atoms with Crippen LogP contribution in [-0.4, -0.2) is 57.5 Å². The first-order chi connectivity index (χ1) is 20.6. The van der Waals surface area contributed by atoms with E-state index in [9.17, 15) is 0 Å². The van der Waals surface area contributed by atoms with E-state index in [2.05, 4.69) is 89.2 Å². The van der Waals surface area contributed by atoms with E-state index in [0.29, 0.717) is 33.0 Å². The van der Waals surface area contributed by atoms with Gasteiger partial charge < -0.3 is 23.7 Å². The van der Waals surface area contributed by atoms with E-state index in [1.165, 1.54) is 16.7 Å². The second-order valence-corrected chi connectivity index (χ2v) is 11.4. The van der Waals surface area contributed by atoms with Gasteiger partial charge in [0.25, 0.3) is 0 Å². The largest absolute Gasteiger partial charge is 0.486 e. The molecule has 5 heteroatoms. The first-order valence-corrected chi connectivity index (χ1v) is 16.6. The highest BCUT2D eigenvalue weighted by atomic mass is 16.6. The van der Waals surface area contributed by atoms with Crippen LogP contribution in [0.5, 0.6) is 0 Å². The van der Waals surface area contributed by atoms with Crippen LogP contribution < -0.4 is 0 Å². The smallest absolute Gasteiger partial charge is 0.150 e. The third kappa shape index (κ3) is 10.5. The molecule has 0 N–H and O–H groups in total. The van der Waals surface area contributed by atoms with Crippen molar-refractivity contribution in [2.45, 2.75) is 117 Å². The topological polar surface area (TPSA) is 46.2 Å². The second kappa shape index (κ2) is 19.9. The molecule has 1 aliphatic rings. The lowest BCUT2D eigenvalue weighted by Gasteiger charge is -2.44. The highest BCUT2D eigenvalue weighted by Gasteiger charge is 2.47. The molecule has 0 aromatic heterocycles. The lowest BCUT2D eigenvalue weighted by molar-refractivity contribution is -0.214. The minimum Gasteiger partial charge on any atom is -0.486 e. The first-order valence-electron chi connectivity index (χ1n) is 16.6. The highest BCUT2D eigenvalue weighted by molar-refractivity contribution is 5.70. The van der Waals surface area contributed by atoms with Gasteiger partial charge in [-0.3, -0.25) is 0 Å². The summed E-state index contributed by atoms with van der Waals surface area (Å²) in [7, 11) is 0. The summed E-state index contributed by atoms with van der Waals surface area (Å²) in [5.41, 5.74) is 4.84. The summed E-state index contributed by atoms with van der Waals surface area (Å²) < 4.78 is 33.1. The first kappa shape index (κ1) is 34.3. The maximum absolute atomic E-state index is 6.94. The van der Waals surface area contributed by atoms with E-state index in [1.54, 1.807) is 0 Å². The van der Waals surface area contributed by atoms with Crippen molar-refractivity contribution in [2.24, 2.45) is 0 Å². The van der Waals surface area contributed by atoms with Gasteiger partial charge in [-0.2, -0.15) is 0 Å². The average molecular weight is 581 g/mol. The Bertz CT molecular complexity index is 1020. The van der Waals surface area contributed by atoms with Gasteiger partial charge in [-0.15, -0.1) is 0 Å². The van der Waals surface area contributed by atoms with Crippen molar-refractivity contribution in [2.75, 3.05) is 33.0 Å². The summed E-state index contributed by atoms with van der Waals surface area (Å²) in [6.07, 6.45) is 8.01. The van der Waals surface area contributed by atoms with Gasteiger partial charge in [0.15, 0.2) is 6.10 Å². The van der Waals surface area contributed by atoms with Gasteiger partial charge in [0.05, 0.1) is 6.61 Å². The minimum absolute atomic E-state index is 0.266.